The fraction of sp³-hybridized carbons (Fsp3) is 0.444. The van der Waals surface area contributed by atoms with Crippen LogP contribution < -0.4 is 5.32 Å². The summed E-state index contributed by atoms with van der Waals surface area (Å²) in [6, 6.07) is 5.06. The van der Waals surface area contributed by atoms with Gasteiger partial charge in [-0.15, -0.1) is 0 Å². The molecule has 5 heteroatoms. The Hall–Kier alpha value is -2.30. The topological polar surface area (TPSA) is 82.2 Å². The maximum Gasteiger partial charge on any atom is 0.326 e. The summed E-state index contributed by atoms with van der Waals surface area (Å²) in [5.41, 5.74) is 3.06. The third kappa shape index (κ3) is 3.23. The second-order valence-electron chi connectivity index (χ2n) is 6.40. The number of H-pyrrole nitrogens is 1. The predicted molar refractivity (Wildman–Crippen MR) is 88.3 cm³/mol. The zero-order valence-corrected chi connectivity index (χ0v) is 13.3. The monoisotopic (exact) mass is 314 g/mol. The Labute approximate surface area is 135 Å². The summed E-state index contributed by atoms with van der Waals surface area (Å²) in [6.07, 6.45) is 5.97. The van der Waals surface area contributed by atoms with Gasteiger partial charge in [-0.3, -0.25) is 4.79 Å². The van der Waals surface area contributed by atoms with Gasteiger partial charge in [0.05, 0.1) is 0 Å². The van der Waals surface area contributed by atoms with Crippen molar-refractivity contribution in [2.45, 2.75) is 45.1 Å². The second kappa shape index (κ2) is 6.44. The molecule has 0 bridgehead atoms. The molecular formula is C18H22N2O3. The van der Waals surface area contributed by atoms with Gasteiger partial charge in [-0.2, -0.15) is 0 Å². The Morgan fingerprint density at radius 2 is 2.09 bits per heavy atom. The predicted octanol–water partition coefficient (Wildman–Crippen LogP) is 2.78. The molecule has 1 atom stereocenters. The lowest BCUT2D eigenvalue weighted by Gasteiger charge is -2.17. The minimum absolute atomic E-state index is 0.0259. The molecule has 0 spiro atoms. The summed E-state index contributed by atoms with van der Waals surface area (Å²) >= 11 is 0. The summed E-state index contributed by atoms with van der Waals surface area (Å²) in [4.78, 5) is 27.0. The molecule has 1 aliphatic rings. The second-order valence-corrected chi connectivity index (χ2v) is 6.40. The SMILES string of the molecule is Cc1cccc2c(CC(NC(=O)C3CCCC3)C(=O)O)c[nH]c12. The smallest absolute Gasteiger partial charge is 0.326 e. The number of nitrogens with one attached hydrogen (secondary N) is 2. The third-order valence-corrected chi connectivity index (χ3v) is 4.77. The van der Waals surface area contributed by atoms with Crippen LogP contribution in [-0.4, -0.2) is 28.0 Å². The van der Waals surface area contributed by atoms with Crippen molar-refractivity contribution in [1.29, 1.82) is 0 Å². The van der Waals surface area contributed by atoms with E-state index in [2.05, 4.69) is 10.3 Å². The van der Waals surface area contributed by atoms with Crippen molar-refractivity contribution in [3.05, 3.63) is 35.5 Å². The molecule has 1 amide bonds. The van der Waals surface area contributed by atoms with Crippen LogP contribution in [0.2, 0.25) is 0 Å². The van der Waals surface area contributed by atoms with Crippen molar-refractivity contribution in [2.75, 3.05) is 0 Å². The molecule has 1 unspecified atom stereocenters. The maximum atomic E-state index is 12.2. The maximum absolute atomic E-state index is 12.2. The lowest BCUT2D eigenvalue weighted by Crippen LogP contribution is -2.44. The van der Waals surface area contributed by atoms with Gasteiger partial charge in [0.1, 0.15) is 6.04 Å². The van der Waals surface area contributed by atoms with Crippen molar-refractivity contribution >= 4 is 22.8 Å². The first kappa shape index (κ1) is 15.6. The molecule has 1 heterocycles. The molecule has 0 saturated heterocycles. The zero-order chi connectivity index (χ0) is 16.4. The minimum atomic E-state index is -0.988. The number of carbonyl (C=O) groups is 2. The molecule has 23 heavy (non-hydrogen) atoms. The number of fused-ring (bicyclic) bond motifs is 1. The first-order valence-corrected chi connectivity index (χ1v) is 8.15. The van der Waals surface area contributed by atoms with E-state index in [0.29, 0.717) is 0 Å². The molecular weight excluding hydrogens is 292 g/mol. The van der Waals surface area contributed by atoms with E-state index in [-0.39, 0.29) is 18.2 Å². The first-order chi connectivity index (χ1) is 11.1. The Morgan fingerprint density at radius 3 is 2.78 bits per heavy atom. The number of aromatic nitrogens is 1. The van der Waals surface area contributed by atoms with Crippen molar-refractivity contribution in [2.24, 2.45) is 5.92 Å². The lowest BCUT2D eigenvalue weighted by atomic mass is 10.0. The van der Waals surface area contributed by atoms with E-state index < -0.39 is 12.0 Å². The number of carboxylic acid groups (broad SMARTS) is 1. The average molecular weight is 314 g/mol. The highest BCUT2D eigenvalue weighted by atomic mass is 16.4. The molecule has 1 aromatic carbocycles. The van der Waals surface area contributed by atoms with Gasteiger partial charge >= 0.3 is 5.97 Å². The largest absolute Gasteiger partial charge is 0.480 e. The van der Waals surface area contributed by atoms with E-state index in [1.807, 2.05) is 31.3 Å². The molecule has 3 rings (SSSR count). The molecule has 0 radical (unpaired) electrons. The van der Waals surface area contributed by atoms with Crippen LogP contribution in [0.3, 0.4) is 0 Å². The van der Waals surface area contributed by atoms with Crippen molar-refractivity contribution in [3.63, 3.8) is 0 Å². The summed E-state index contributed by atoms with van der Waals surface area (Å²) < 4.78 is 0. The molecule has 5 nitrogen and oxygen atoms in total. The van der Waals surface area contributed by atoms with Gasteiger partial charge in [0.15, 0.2) is 0 Å². The van der Waals surface area contributed by atoms with Crippen LogP contribution in [0.1, 0.15) is 36.8 Å². The Morgan fingerprint density at radius 1 is 1.35 bits per heavy atom. The number of benzene rings is 1. The van der Waals surface area contributed by atoms with Gasteiger partial charge in [-0.25, -0.2) is 4.79 Å². The van der Waals surface area contributed by atoms with Crippen LogP contribution in [0.15, 0.2) is 24.4 Å². The van der Waals surface area contributed by atoms with E-state index in [1.165, 1.54) is 0 Å². The highest BCUT2D eigenvalue weighted by Gasteiger charge is 2.28. The van der Waals surface area contributed by atoms with Crippen LogP contribution in [0.5, 0.6) is 0 Å². The number of aryl methyl sites for hydroxylation is 1. The molecule has 1 aliphatic carbocycles. The van der Waals surface area contributed by atoms with E-state index in [4.69, 9.17) is 0 Å². The van der Waals surface area contributed by atoms with Crippen LogP contribution >= 0.6 is 0 Å². The standard InChI is InChI=1S/C18H22N2O3/c1-11-5-4-8-14-13(10-19-16(11)14)9-15(18(22)23)20-17(21)12-6-2-3-7-12/h4-5,8,10,12,15,19H,2-3,6-7,9H2,1H3,(H,20,21)(H,22,23). The van der Waals surface area contributed by atoms with E-state index in [0.717, 1.165) is 47.7 Å². The Bertz CT molecular complexity index is 729. The van der Waals surface area contributed by atoms with Crippen molar-refractivity contribution in [3.8, 4) is 0 Å². The van der Waals surface area contributed by atoms with Gasteiger partial charge in [0.2, 0.25) is 5.91 Å². The van der Waals surface area contributed by atoms with Gasteiger partial charge in [0.25, 0.3) is 0 Å². The number of hydrogen-bond acceptors (Lipinski definition) is 2. The molecule has 1 saturated carbocycles. The molecule has 122 valence electrons. The fourth-order valence-corrected chi connectivity index (χ4v) is 3.43. The number of amides is 1. The van der Waals surface area contributed by atoms with Crippen LogP contribution in [0.4, 0.5) is 0 Å². The van der Waals surface area contributed by atoms with Crippen LogP contribution in [0.25, 0.3) is 10.9 Å². The summed E-state index contributed by atoms with van der Waals surface area (Å²) in [6.45, 7) is 2.01. The first-order valence-electron chi connectivity index (χ1n) is 8.15. The molecule has 0 aliphatic heterocycles. The summed E-state index contributed by atoms with van der Waals surface area (Å²) in [5, 5.41) is 13.2. The normalized spacial score (nSPS) is 16.6. The van der Waals surface area contributed by atoms with Crippen molar-refractivity contribution in [1.82, 2.24) is 10.3 Å². The van der Waals surface area contributed by atoms with E-state index >= 15 is 0 Å². The van der Waals surface area contributed by atoms with Gasteiger partial charge in [-0.1, -0.05) is 31.0 Å². The quantitative estimate of drug-likeness (QED) is 0.793. The number of hydrogen-bond donors (Lipinski definition) is 3. The third-order valence-electron chi connectivity index (χ3n) is 4.77. The molecule has 3 N–H and O–H groups in total. The summed E-state index contributed by atoms with van der Waals surface area (Å²) in [5.74, 6) is -1.13. The number of aromatic amines is 1. The minimum Gasteiger partial charge on any atom is -0.480 e. The molecule has 1 fully saturated rings. The number of para-hydroxylation sites is 1. The van der Waals surface area contributed by atoms with Crippen LogP contribution in [-0.2, 0) is 16.0 Å². The number of aliphatic carboxylic acids is 1. The highest BCUT2D eigenvalue weighted by Crippen LogP contribution is 2.25. The summed E-state index contributed by atoms with van der Waals surface area (Å²) in [7, 11) is 0. The lowest BCUT2D eigenvalue weighted by molar-refractivity contribution is -0.142. The molecule has 2 aromatic rings. The van der Waals surface area contributed by atoms with Crippen LogP contribution in [0, 0.1) is 12.8 Å². The molecule has 1 aromatic heterocycles. The van der Waals surface area contributed by atoms with Gasteiger partial charge < -0.3 is 15.4 Å². The Balaban J connectivity index is 1.77. The van der Waals surface area contributed by atoms with Gasteiger partial charge in [0, 0.05) is 29.4 Å². The number of carboxylic acids is 1. The Kier molecular flexibility index (Phi) is 4.37. The number of rotatable bonds is 5. The van der Waals surface area contributed by atoms with Gasteiger partial charge in [-0.05, 0) is 30.9 Å². The average Bonchev–Trinajstić information content (AvgIpc) is 3.17. The number of carbonyl (C=O) groups excluding carboxylic acids is 1. The zero-order valence-electron chi connectivity index (χ0n) is 13.3. The van der Waals surface area contributed by atoms with E-state index in [9.17, 15) is 14.7 Å². The fourth-order valence-electron chi connectivity index (χ4n) is 3.43. The highest BCUT2D eigenvalue weighted by molar-refractivity contribution is 5.88. The van der Waals surface area contributed by atoms with Crippen molar-refractivity contribution < 1.29 is 14.7 Å². The van der Waals surface area contributed by atoms with E-state index in [1.54, 1.807) is 0 Å².